The number of benzene rings is 14. The highest BCUT2D eigenvalue weighted by Crippen LogP contribution is 2.45. The first-order valence-electron chi connectivity index (χ1n) is 29.6. The summed E-state index contributed by atoms with van der Waals surface area (Å²) in [5.41, 5.74) is 28.4. The van der Waals surface area contributed by atoms with Gasteiger partial charge in [0.25, 0.3) is 0 Å². The van der Waals surface area contributed by atoms with Crippen LogP contribution in [0.4, 0.5) is 0 Å². The Morgan fingerprint density at radius 2 is 0.372 bits per heavy atom. The Hall–Kier alpha value is -11.3. The molecule has 402 valence electrons. The molecule has 0 saturated heterocycles. The topological polar surface area (TPSA) is 9.86 Å². The molecule has 2 heteroatoms. The summed E-state index contributed by atoms with van der Waals surface area (Å²) in [4.78, 5) is 0. The molecule has 86 heavy (non-hydrogen) atoms. The summed E-state index contributed by atoms with van der Waals surface area (Å²) in [6.07, 6.45) is 0. The lowest BCUT2D eigenvalue weighted by molar-refractivity contribution is 1.17. The average molecular weight is 1090 g/mol. The second-order valence-corrected chi connectivity index (χ2v) is 22.3. The summed E-state index contributed by atoms with van der Waals surface area (Å²) in [6, 6.07) is 125. The van der Waals surface area contributed by atoms with E-state index in [0.717, 1.165) is 44.6 Å². The van der Waals surface area contributed by atoms with Gasteiger partial charge in [0.2, 0.25) is 0 Å². The van der Waals surface area contributed by atoms with Crippen LogP contribution in [0.25, 0.3) is 155 Å². The zero-order valence-electron chi connectivity index (χ0n) is 47.2. The first-order valence-corrected chi connectivity index (χ1v) is 29.6. The molecule has 16 aromatic rings. The van der Waals surface area contributed by atoms with Crippen molar-refractivity contribution in [1.29, 1.82) is 0 Å². The van der Waals surface area contributed by atoms with Crippen LogP contribution < -0.4 is 0 Å². The summed E-state index contributed by atoms with van der Waals surface area (Å²) in [5, 5.41) is 4.82. The summed E-state index contributed by atoms with van der Waals surface area (Å²) in [6.45, 7) is 0. The third kappa shape index (κ3) is 8.83. The predicted molar refractivity (Wildman–Crippen MR) is 364 cm³/mol. The highest BCUT2D eigenvalue weighted by molar-refractivity contribution is 6.14. The fourth-order valence-corrected chi connectivity index (χ4v) is 13.4. The molecule has 0 aliphatic carbocycles. The molecule has 2 heterocycles. The van der Waals surface area contributed by atoms with E-state index in [1.807, 2.05) is 0 Å². The molecule has 0 atom stereocenters. The van der Waals surface area contributed by atoms with Crippen molar-refractivity contribution < 1.29 is 0 Å². The maximum Gasteiger partial charge on any atom is 0.0541 e. The van der Waals surface area contributed by atoms with E-state index in [4.69, 9.17) is 0 Å². The Kier molecular flexibility index (Phi) is 12.6. The van der Waals surface area contributed by atoms with Gasteiger partial charge >= 0.3 is 0 Å². The largest absolute Gasteiger partial charge is 0.309 e. The molecule has 2 nitrogen and oxygen atoms in total. The number of hydrogen-bond donors (Lipinski definition) is 0. The Labute approximate surface area is 501 Å². The number of rotatable bonds is 11. The standard InChI is InChI=1S/C84H56N2/c1-5-23-57(24-6-1)67-31-13-17-35-71(67)62-43-49-81-76(53-62)77-54-63(72-36-18-14-32-68(72)58-25-7-2-8-26-58)44-50-82(77)85(81)66-47-41-61(42-48-66)75-39-21-22-40-80(75)86-83-51-45-64(73-37-19-15-33-69(73)59-27-9-3-10-28-59)55-78(83)79-56-65(46-52-84(79)86)74-38-20-16-34-70(74)60-29-11-4-12-30-60/h1-56H. The normalized spacial score (nSPS) is 11.5. The molecule has 16 rings (SSSR count). The van der Waals surface area contributed by atoms with Gasteiger partial charge in [-0.15, -0.1) is 0 Å². The minimum atomic E-state index is 1.10. The predicted octanol–water partition coefficient (Wildman–Crippen LogP) is 22.9. The molecular weight excluding hydrogens is 1040 g/mol. The van der Waals surface area contributed by atoms with E-state index in [9.17, 15) is 0 Å². The molecule has 0 aliphatic heterocycles. The third-order valence-corrected chi connectivity index (χ3v) is 17.4. The monoisotopic (exact) mass is 1090 g/mol. The Morgan fingerprint density at radius 3 is 0.674 bits per heavy atom. The van der Waals surface area contributed by atoms with E-state index in [2.05, 4.69) is 349 Å². The van der Waals surface area contributed by atoms with Crippen LogP contribution in [0, 0.1) is 0 Å². The fraction of sp³-hybridized carbons (Fsp3) is 0. The number of fused-ring (bicyclic) bond motifs is 6. The number of para-hydroxylation sites is 1. The molecule has 2 aromatic heterocycles. The zero-order valence-corrected chi connectivity index (χ0v) is 47.2. The summed E-state index contributed by atoms with van der Waals surface area (Å²) in [7, 11) is 0. The minimum Gasteiger partial charge on any atom is -0.309 e. The van der Waals surface area contributed by atoms with Crippen molar-refractivity contribution >= 4 is 43.6 Å². The van der Waals surface area contributed by atoms with Crippen molar-refractivity contribution in [2.24, 2.45) is 0 Å². The first kappa shape index (κ1) is 50.4. The molecular formula is C84H56N2. The second-order valence-electron chi connectivity index (χ2n) is 22.3. The molecule has 0 spiro atoms. The van der Waals surface area contributed by atoms with Crippen molar-refractivity contribution in [3.8, 4) is 112 Å². The van der Waals surface area contributed by atoms with Crippen LogP contribution in [0.3, 0.4) is 0 Å². The molecule has 14 aromatic carbocycles. The first-order chi connectivity index (χ1) is 42.7. The quantitative estimate of drug-likeness (QED) is 0.122. The highest BCUT2D eigenvalue weighted by atomic mass is 15.0. The van der Waals surface area contributed by atoms with E-state index >= 15 is 0 Å². The van der Waals surface area contributed by atoms with Crippen molar-refractivity contribution in [3.05, 3.63) is 340 Å². The van der Waals surface area contributed by atoms with Gasteiger partial charge in [0, 0.05) is 32.8 Å². The number of hydrogen-bond acceptors (Lipinski definition) is 0. The van der Waals surface area contributed by atoms with Gasteiger partial charge in [-0.1, -0.05) is 273 Å². The van der Waals surface area contributed by atoms with Gasteiger partial charge in [0.15, 0.2) is 0 Å². The van der Waals surface area contributed by atoms with Crippen LogP contribution in [0.1, 0.15) is 0 Å². The van der Waals surface area contributed by atoms with Crippen LogP contribution in [-0.4, -0.2) is 9.13 Å². The lowest BCUT2D eigenvalue weighted by Crippen LogP contribution is -1.98. The average Bonchev–Trinajstić information content (AvgIpc) is 1.94. The maximum atomic E-state index is 2.49. The molecule has 0 aliphatic rings. The van der Waals surface area contributed by atoms with E-state index in [1.54, 1.807) is 0 Å². The van der Waals surface area contributed by atoms with Gasteiger partial charge in [-0.3, -0.25) is 0 Å². The SMILES string of the molecule is c1ccc(-c2ccccc2-c2ccc3c(c2)c2cc(-c4ccccc4-c4ccccc4)ccc2n3-c2ccc(-c3ccccc3-n3c4ccc(-c5ccccc5-c5ccccc5)cc4c4cc(-c5ccccc5-c5ccccc5)ccc43)cc2)cc1. The second kappa shape index (κ2) is 21.5. The summed E-state index contributed by atoms with van der Waals surface area (Å²) in [5.74, 6) is 0. The van der Waals surface area contributed by atoms with Crippen molar-refractivity contribution in [2.45, 2.75) is 0 Å². The minimum absolute atomic E-state index is 1.10. The lowest BCUT2D eigenvalue weighted by atomic mass is 9.92. The van der Waals surface area contributed by atoms with Gasteiger partial charge in [0.05, 0.1) is 27.8 Å². The molecule has 0 fully saturated rings. The molecule has 0 amide bonds. The van der Waals surface area contributed by atoms with Crippen LogP contribution in [0.5, 0.6) is 0 Å². The Balaban J connectivity index is 0.849. The fourth-order valence-electron chi connectivity index (χ4n) is 13.4. The molecule has 0 radical (unpaired) electrons. The Morgan fingerprint density at radius 1 is 0.151 bits per heavy atom. The number of aromatic nitrogens is 2. The summed E-state index contributed by atoms with van der Waals surface area (Å²) >= 11 is 0. The zero-order chi connectivity index (χ0) is 56.9. The Bertz CT molecular complexity index is 4910. The summed E-state index contributed by atoms with van der Waals surface area (Å²) < 4.78 is 4.94. The van der Waals surface area contributed by atoms with Gasteiger partial charge in [-0.2, -0.15) is 0 Å². The van der Waals surface area contributed by atoms with E-state index < -0.39 is 0 Å². The van der Waals surface area contributed by atoms with Crippen LogP contribution in [0.2, 0.25) is 0 Å². The van der Waals surface area contributed by atoms with E-state index in [0.29, 0.717) is 0 Å². The molecule has 0 unspecified atom stereocenters. The van der Waals surface area contributed by atoms with Gasteiger partial charge < -0.3 is 9.13 Å². The highest BCUT2D eigenvalue weighted by Gasteiger charge is 2.21. The van der Waals surface area contributed by atoms with Crippen LogP contribution in [-0.2, 0) is 0 Å². The van der Waals surface area contributed by atoms with Crippen molar-refractivity contribution in [1.82, 2.24) is 9.13 Å². The maximum absolute atomic E-state index is 2.49. The van der Waals surface area contributed by atoms with Gasteiger partial charge in [0.1, 0.15) is 0 Å². The molecule has 0 saturated carbocycles. The van der Waals surface area contributed by atoms with Crippen LogP contribution in [0.15, 0.2) is 340 Å². The van der Waals surface area contributed by atoms with Crippen LogP contribution >= 0.6 is 0 Å². The molecule has 0 bridgehead atoms. The smallest absolute Gasteiger partial charge is 0.0541 e. The van der Waals surface area contributed by atoms with Gasteiger partial charge in [-0.25, -0.2) is 0 Å². The third-order valence-electron chi connectivity index (χ3n) is 17.4. The van der Waals surface area contributed by atoms with Crippen molar-refractivity contribution in [2.75, 3.05) is 0 Å². The molecule has 0 N–H and O–H groups in total. The van der Waals surface area contributed by atoms with Gasteiger partial charge in [-0.05, 0) is 161 Å². The lowest BCUT2D eigenvalue weighted by Gasteiger charge is -2.16. The number of nitrogens with zero attached hydrogens (tertiary/aromatic N) is 2. The van der Waals surface area contributed by atoms with E-state index in [-0.39, 0.29) is 0 Å². The van der Waals surface area contributed by atoms with Crippen molar-refractivity contribution in [3.63, 3.8) is 0 Å². The van der Waals surface area contributed by atoms with E-state index in [1.165, 1.54) is 111 Å².